The van der Waals surface area contributed by atoms with E-state index in [1.54, 1.807) is 0 Å². The number of rotatable bonds is 4. The van der Waals surface area contributed by atoms with Gasteiger partial charge in [0.05, 0.1) is 17.1 Å². The number of para-hydroxylation sites is 2. The van der Waals surface area contributed by atoms with E-state index in [0.29, 0.717) is 0 Å². The van der Waals surface area contributed by atoms with Gasteiger partial charge in [-0.15, -0.1) is 0 Å². The highest BCUT2D eigenvalue weighted by Crippen LogP contribution is 2.31. The number of aromatic nitrogens is 3. The second-order valence-electron chi connectivity index (χ2n) is 7.48. The number of ether oxygens (including phenoxy) is 1. The van der Waals surface area contributed by atoms with E-state index in [2.05, 4.69) is 52.2 Å². The van der Waals surface area contributed by atoms with Crippen LogP contribution in [0.3, 0.4) is 0 Å². The molecule has 0 spiro atoms. The van der Waals surface area contributed by atoms with Gasteiger partial charge in [0.25, 0.3) is 0 Å². The van der Waals surface area contributed by atoms with Crippen molar-refractivity contribution in [1.82, 2.24) is 19.9 Å². The number of H-pyrrole nitrogens is 2. The third-order valence-electron chi connectivity index (χ3n) is 5.53. The van der Waals surface area contributed by atoms with Crippen LogP contribution in [-0.2, 0) is 4.74 Å². The van der Waals surface area contributed by atoms with E-state index in [1.165, 1.54) is 5.39 Å². The van der Waals surface area contributed by atoms with Gasteiger partial charge in [-0.1, -0.05) is 24.3 Å². The number of benzene rings is 2. The maximum atomic E-state index is 6.63. The van der Waals surface area contributed by atoms with Crippen molar-refractivity contribution in [3.8, 4) is 0 Å². The number of fused-ring (bicyclic) bond motifs is 2. The van der Waals surface area contributed by atoms with E-state index in [9.17, 15) is 0 Å². The Morgan fingerprint density at radius 2 is 1.93 bits per heavy atom. The number of hydrogen-bond donors (Lipinski definition) is 2. The minimum Gasteiger partial charge on any atom is -0.362 e. The molecule has 2 aromatic carbocycles. The lowest BCUT2D eigenvalue weighted by molar-refractivity contribution is -0.0263. The van der Waals surface area contributed by atoms with Gasteiger partial charge in [0.1, 0.15) is 11.9 Å². The molecule has 1 fully saturated rings. The van der Waals surface area contributed by atoms with Crippen LogP contribution in [0.4, 0.5) is 0 Å². The van der Waals surface area contributed by atoms with Crippen LogP contribution in [0.2, 0.25) is 0 Å². The topological polar surface area (TPSA) is 56.9 Å². The first-order valence-corrected chi connectivity index (χ1v) is 9.62. The lowest BCUT2D eigenvalue weighted by Gasteiger charge is -2.31. The fraction of sp³-hybridized carbons (Fsp3) is 0.318. The van der Waals surface area contributed by atoms with Gasteiger partial charge in [-0.05, 0) is 55.1 Å². The number of piperidine rings is 1. The van der Waals surface area contributed by atoms with Gasteiger partial charge in [0, 0.05) is 24.8 Å². The quantitative estimate of drug-likeness (QED) is 0.572. The highest BCUT2D eigenvalue weighted by Gasteiger charge is 2.26. The van der Waals surface area contributed by atoms with E-state index in [4.69, 9.17) is 9.72 Å². The molecule has 1 unspecified atom stereocenters. The Balaban J connectivity index is 1.53. The van der Waals surface area contributed by atoms with E-state index >= 15 is 0 Å². The first-order chi connectivity index (χ1) is 13.3. The van der Waals surface area contributed by atoms with Crippen LogP contribution in [0.1, 0.15) is 30.3 Å². The largest absolute Gasteiger partial charge is 0.362 e. The molecule has 0 bridgehead atoms. The normalized spacial score (nSPS) is 17.7. The van der Waals surface area contributed by atoms with E-state index < -0.39 is 0 Å². The summed E-state index contributed by atoms with van der Waals surface area (Å²) in [7, 11) is 2.17. The summed E-state index contributed by atoms with van der Waals surface area (Å²) < 4.78 is 6.63. The molecule has 2 N–H and O–H groups in total. The maximum Gasteiger partial charge on any atom is 0.141 e. The van der Waals surface area contributed by atoms with E-state index in [-0.39, 0.29) is 12.2 Å². The van der Waals surface area contributed by atoms with Crippen LogP contribution < -0.4 is 0 Å². The lowest BCUT2D eigenvalue weighted by atomic mass is 10.0. The van der Waals surface area contributed by atoms with Crippen LogP contribution in [0, 0.1) is 0 Å². The molecule has 1 aliphatic rings. The summed E-state index contributed by atoms with van der Waals surface area (Å²) in [6.07, 6.45) is 4.13. The maximum absolute atomic E-state index is 6.63. The summed E-state index contributed by atoms with van der Waals surface area (Å²) in [5, 5.41) is 1.21. The predicted molar refractivity (Wildman–Crippen MR) is 108 cm³/mol. The molecular formula is C22H24N4O. The SMILES string of the molecule is CN1CCC(OC(c2ccc3cc[nH]c3c2)c2nc3ccccc3[nH]2)CC1. The minimum atomic E-state index is -0.196. The molecule has 0 radical (unpaired) electrons. The Bertz CT molecular complexity index is 1020. The van der Waals surface area contributed by atoms with Crippen molar-refractivity contribution in [1.29, 1.82) is 0 Å². The van der Waals surface area contributed by atoms with E-state index in [0.717, 1.165) is 53.9 Å². The summed E-state index contributed by atoms with van der Waals surface area (Å²) in [5.41, 5.74) is 4.28. The van der Waals surface area contributed by atoms with Gasteiger partial charge in [0.15, 0.2) is 0 Å². The van der Waals surface area contributed by atoms with Crippen LogP contribution in [0.5, 0.6) is 0 Å². The van der Waals surface area contributed by atoms with Gasteiger partial charge in [0.2, 0.25) is 0 Å². The fourth-order valence-corrected chi connectivity index (χ4v) is 3.94. The molecule has 0 saturated carbocycles. The summed E-state index contributed by atoms with van der Waals surface area (Å²) >= 11 is 0. The van der Waals surface area contributed by atoms with Crippen molar-refractivity contribution in [2.45, 2.75) is 25.0 Å². The predicted octanol–water partition coefficient (Wildman–Crippen LogP) is 4.24. The average molecular weight is 360 g/mol. The summed E-state index contributed by atoms with van der Waals surface area (Å²) in [6, 6.07) is 16.7. The summed E-state index contributed by atoms with van der Waals surface area (Å²) in [5.74, 6) is 0.876. The van der Waals surface area contributed by atoms with Crippen LogP contribution in [0.15, 0.2) is 54.7 Å². The highest BCUT2D eigenvalue weighted by molar-refractivity contribution is 5.80. The Morgan fingerprint density at radius 3 is 2.78 bits per heavy atom. The minimum absolute atomic E-state index is 0.196. The van der Waals surface area contributed by atoms with Gasteiger partial charge < -0.3 is 19.6 Å². The highest BCUT2D eigenvalue weighted by atomic mass is 16.5. The molecule has 27 heavy (non-hydrogen) atoms. The molecule has 1 saturated heterocycles. The molecule has 138 valence electrons. The summed E-state index contributed by atoms with van der Waals surface area (Å²) in [4.78, 5) is 14.0. The number of aromatic amines is 2. The molecule has 3 heterocycles. The molecular weight excluding hydrogens is 336 g/mol. The van der Waals surface area contributed by atoms with Crippen molar-refractivity contribution in [2.75, 3.05) is 20.1 Å². The number of nitrogens with one attached hydrogen (secondary N) is 2. The van der Waals surface area contributed by atoms with Crippen LogP contribution in [-0.4, -0.2) is 46.1 Å². The number of likely N-dealkylation sites (tertiary alicyclic amines) is 1. The lowest BCUT2D eigenvalue weighted by Crippen LogP contribution is -2.35. The second kappa shape index (κ2) is 6.83. The van der Waals surface area contributed by atoms with Crippen molar-refractivity contribution < 1.29 is 4.74 Å². The summed E-state index contributed by atoms with van der Waals surface area (Å²) in [6.45, 7) is 2.15. The molecule has 0 aliphatic carbocycles. The first kappa shape index (κ1) is 16.5. The van der Waals surface area contributed by atoms with Crippen molar-refractivity contribution in [2.24, 2.45) is 0 Å². The second-order valence-corrected chi connectivity index (χ2v) is 7.48. The Morgan fingerprint density at radius 1 is 1.07 bits per heavy atom. The Labute approximate surface area is 158 Å². The van der Waals surface area contributed by atoms with Gasteiger partial charge >= 0.3 is 0 Å². The molecule has 1 aliphatic heterocycles. The van der Waals surface area contributed by atoms with Crippen LogP contribution >= 0.6 is 0 Å². The van der Waals surface area contributed by atoms with Crippen molar-refractivity contribution in [3.63, 3.8) is 0 Å². The molecule has 5 nitrogen and oxygen atoms in total. The molecule has 4 aromatic rings. The molecule has 5 rings (SSSR count). The zero-order valence-electron chi connectivity index (χ0n) is 15.5. The Kier molecular flexibility index (Phi) is 4.19. The first-order valence-electron chi connectivity index (χ1n) is 9.62. The zero-order chi connectivity index (χ0) is 18.2. The van der Waals surface area contributed by atoms with Gasteiger partial charge in [-0.3, -0.25) is 0 Å². The number of hydrogen-bond acceptors (Lipinski definition) is 3. The molecule has 5 heteroatoms. The third kappa shape index (κ3) is 3.24. The standard InChI is InChI=1S/C22H24N4O/c1-26-12-9-17(10-13-26)27-21(16-7-6-15-8-11-23-20(15)14-16)22-24-18-4-2-3-5-19(18)25-22/h2-8,11,14,17,21,23H,9-10,12-13H2,1H3,(H,24,25). The number of nitrogens with zero attached hydrogens (tertiary/aromatic N) is 2. The van der Waals surface area contributed by atoms with Crippen molar-refractivity contribution >= 4 is 21.9 Å². The monoisotopic (exact) mass is 360 g/mol. The third-order valence-corrected chi connectivity index (χ3v) is 5.53. The van der Waals surface area contributed by atoms with Crippen LogP contribution in [0.25, 0.3) is 21.9 Å². The number of imidazole rings is 1. The molecule has 0 amide bonds. The van der Waals surface area contributed by atoms with E-state index in [1.807, 2.05) is 24.4 Å². The molecule has 1 atom stereocenters. The average Bonchev–Trinajstić information content (AvgIpc) is 3.33. The van der Waals surface area contributed by atoms with Gasteiger partial charge in [-0.2, -0.15) is 0 Å². The smallest absolute Gasteiger partial charge is 0.141 e. The van der Waals surface area contributed by atoms with Gasteiger partial charge in [-0.25, -0.2) is 4.98 Å². The zero-order valence-corrected chi connectivity index (χ0v) is 15.5. The fourth-order valence-electron chi connectivity index (χ4n) is 3.94. The molecule has 2 aromatic heterocycles. The Hall–Kier alpha value is -2.63. The van der Waals surface area contributed by atoms with Crippen molar-refractivity contribution in [3.05, 3.63) is 66.1 Å².